The summed E-state index contributed by atoms with van der Waals surface area (Å²) >= 11 is 0. The summed E-state index contributed by atoms with van der Waals surface area (Å²) in [5.74, 6) is 2.10. The Morgan fingerprint density at radius 3 is 2.70 bits per heavy atom. The summed E-state index contributed by atoms with van der Waals surface area (Å²) in [6, 6.07) is 0.407. The average molecular weight is 311 g/mol. The third-order valence-electron chi connectivity index (χ3n) is 5.43. The number of aryl methyl sites for hydroxylation is 3. The lowest BCUT2D eigenvalue weighted by molar-refractivity contribution is 0.640. The maximum absolute atomic E-state index is 4.87. The standard InChI is InChI=1S/C18H25N5/c1-12-15(11-19-22(12)3)17-9-6-10-23(17)18-14-7-4-5-8-16(14)20-13(2)21-18/h11,17H,4-10H2,1-3H3. The average Bonchev–Trinajstić information content (AvgIpc) is 3.14. The predicted octanol–water partition coefficient (Wildman–Crippen LogP) is 3.05. The van der Waals surface area contributed by atoms with E-state index >= 15 is 0 Å². The van der Waals surface area contributed by atoms with Crippen molar-refractivity contribution in [1.82, 2.24) is 19.7 Å². The fraction of sp³-hybridized carbons (Fsp3) is 0.611. The van der Waals surface area contributed by atoms with Crippen LogP contribution in [0.1, 0.15) is 60.1 Å². The maximum Gasteiger partial charge on any atom is 0.136 e. The first-order valence-electron chi connectivity index (χ1n) is 8.76. The van der Waals surface area contributed by atoms with E-state index in [4.69, 9.17) is 9.97 Å². The van der Waals surface area contributed by atoms with Gasteiger partial charge in [0.1, 0.15) is 11.6 Å². The molecule has 1 unspecified atom stereocenters. The number of hydrogen-bond donors (Lipinski definition) is 0. The summed E-state index contributed by atoms with van der Waals surface area (Å²) < 4.78 is 1.98. The Bertz CT molecular complexity index is 733. The molecule has 0 amide bonds. The summed E-state index contributed by atoms with van der Waals surface area (Å²) in [5, 5.41) is 4.45. The first kappa shape index (κ1) is 14.7. The monoisotopic (exact) mass is 311 g/mol. The predicted molar refractivity (Wildman–Crippen MR) is 90.7 cm³/mol. The smallest absolute Gasteiger partial charge is 0.136 e. The molecule has 1 fully saturated rings. The number of hydrogen-bond acceptors (Lipinski definition) is 4. The van der Waals surface area contributed by atoms with Crippen molar-refractivity contribution in [2.75, 3.05) is 11.4 Å². The molecule has 3 heterocycles. The van der Waals surface area contributed by atoms with Gasteiger partial charge in [0.05, 0.1) is 12.2 Å². The van der Waals surface area contributed by atoms with Gasteiger partial charge in [-0.2, -0.15) is 5.10 Å². The zero-order valence-corrected chi connectivity index (χ0v) is 14.3. The van der Waals surface area contributed by atoms with Gasteiger partial charge >= 0.3 is 0 Å². The molecule has 0 bridgehead atoms. The Kier molecular flexibility index (Phi) is 3.58. The molecule has 1 aliphatic heterocycles. The van der Waals surface area contributed by atoms with Crippen LogP contribution in [0.5, 0.6) is 0 Å². The number of anilines is 1. The van der Waals surface area contributed by atoms with E-state index in [9.17, 15) is 0 Å². The van der Waals surface area contributed by atoms with Crippen LogP contribution in [-0.2, 0) is 19.9 Å². The van der Waals surface area contributed by atoms with Crippen LogP contribution in [0.4, 0.5) is 5.82 Å². The molecule has 0 spiro atoms. The van der Waals surface area contributed by atoms with E-state index in [2.05, 4.69) is 16.9 Å². The number of fused-ring (bicyclic) bond motifs is 1. The molecule has 0 aromatic carbocycles. The van der Waals surface area contributed by atoms with Gasteiger partial charge in [0.25, 0.3) is 0 Å². The minimum atomic E-state index is 0.407. The molecule has 122 valence electrons. The second kappa shape index (κ2) is 5.62. The molecule has 2 aliphatic rings. The van der Waals surface area contributed by atoms with Gasteiger partial charge in [0.15, 0.2) is 0 Å². The van der Waals surface area contributed by atoms with E-state index in [1.54, 1.807) is 0 Å². The molecule has 2 aromatic rings. The molecule has 0 saturated carbocycles. The zero-order valence-electron chi connectivity index (χ0n) is 14.3. The van der Waals surface area contributed by atoms with E-state index in [1.165, 1.54) is 54.0 Å². The van der Waals surface area contributed by atoms with Crippen molar-refractivity contribution in [3.63, 3.8) is 0 Å². The van der Waals surface area contributed by atoms with Crippen LogP contribution in [0, 0.1) is 13.8 Å². The van der Waals surface area contributed by atoms with Gasteiger partial charge in [0.2, 0.25) is 0 Å². The highest BCUT2D eigenvalue weighted by atomic mass is 15.3. The van der Waals surface area contributed by atoms with Gasteiger partial charge in [0, 0.05) is 36.1 Å². The summed E-state index contributed by atoms with van der Waals surface area (Å²) in [6.07, 6.45) is 9.20. The second-order valence-corrected chi connectivity index (χ2v) is 6.89. The highest BCUT2D eigenvalue weighted by Crippen LogP contribution is 2.39. The number of rotatable bonds is 2. The lowest BCUT2D eigenvalue weighted by Crippen LogP contribution is -2.27. The normalized spacial score (nSPS) is 20.8. The minimum absolute atomic E-state index is 0.407. The maximum atomic E-state index is 4.87. The van der Waals surface area contributed by atoms with Crippen molar-refractivity contribution >= 4 is 5.82 Å². The third-order valence-corrected chi connectivity index (χ3v) is 5.43. The molecule has 1 aliphatic carbocycles. The van der Waals surface area contributed by atoms with Crippen LogP contribution in [0.3, 0.4) is 0 Å². The van der Waals surface area contributed by atoms with Gasteiger partial charge in [-0.3, -0.25) is 4.68 Å². The van der Waals surface area contributed by atoms with Crippen LogP contribution in [0.25, 0.3) is 0 Å². The molecular weight excluding hydrogens is 286 g/mol. The van der Waals surface area contributed by atoms with Crippen LogP contribution >= 0.6 is 0 Å². The largest absolute Gasteiger partial charge is 0.349 e. The lowest BCUT2D eigenvalue weighted by atomic mass is 9.95. The van der Waals surface area contributed by atoms with E-state index in [-0.39, 0.29) is 0 Å². The topological polar surface area (TPSA) is 46.8 Å². The van der Waals surface area contributed by atoms with Crippen LogP contribution in [0.15, 0.2) is 6.20 Å². The molecule has 2 aromatic heterocycles. The molecule has 4 rings (SSSR count). The Labute approximate surface area is 137 Å². The van der Waals surface area contributed by atoms with Crippen molar-refractivity contribution in [3.05, 3.63) is 34.5 Å². The fourth-order valence-corrected chi connectivity index (χ4v) is 4.12. The third kappa shape index (κ3) is 2.42. The first-order chi connectivity index (χ1) is 11.1. The van der Waals surface area contributed by atoms with Crippen molar-refractivity contribution < 1.29 is 0 Å². The van der Waals surface area contributed by atoms with Crippen LogP contribution < -0.4 is 4.90 Å². The first-order valence-corrected chi connectivity index (χ1v) is 8.76. The minimum Gasteiger partial charge on any atom is -0.349 e. The SMILES string of the molecule is Cc1nc2c(c(N3CCCC3c3cnn(C)c3C)n1)CCCC2. The zero-order chi connectivity index (χ0) is 16.0. The second-order valence-electron chi connectivity index (χ2n) is 6.89. The van der Waals surface area contributed by atoms with Gasteiger partial charge in [-0.25, -0.2) is 9.97 Å². The van der Waals surface area contributed by atoms with E-state index in [1.807, 2.05) is 24.9 Å². The van der Waals surface area contributed by atoms with Crippen molar-refractivity contribution in [2.45, 2.75) is 58.4 Å². The quantitative estimate of drug-likeness (QED) is 0.855. The number of nitrogens with zero attached hydrogens (tertiary/aromatic N) is 5. The summed E-state index contributed by atoms with van der Waals surface area (Å²) in [7, 11) is 2.02. The van der Waals surface area contributed by atoms with Crippen molar-refractivity contribution in [2.24, 2.45) is 7.05 Å². The molecule has 1 atom stereocenters. The summed E-state index contributed by atoms with van der Waals surface area (Å²) in [5.41, 5.74) is 5.30. The summed E-state index contributed by atoms with van der Waals surface area (Å²) in [4.78, 5) is 12.1. The van der Waals surface area contributed by atoms with Crippen LogP contribution in [0.2, 0.25) is 0 Å². The van der Waals surface area contributed by atoms with Gasteiger partial charge in [-0.15, -0.1) is 0 Å². The summed E-state index contributed by atoms with van der Waals surface area (Å²) in [6.45, 7) is 5.28. The van der Waals surface area contributed by atoms with E-state index < -0.39 is 0 Å². The van der Waals surface area contributed by atoms with E-state index in [0.29, 0.717) is 6.04 Å². The molecule has 5 heteroatoms. The van der Waals surface area contributed by atoms with Gasteiger partial charge < -0.3 is 4.90 Å². The molecule has 0 N–H and O–H groups in total. The molecular formula is C18H25N5. The Morgan fingerprint density at radius 2 is 1.91 bits per heavy atom. The fourth-order valence-electron chi connectivity index (χ4n) is 4.12. The molecule has 0 radical (unpaired) electrons. The molecule has 1 saturated heterocycles. The highest BCUT2D eigenvalue weighted by molar-refractivity contribution is 5.53. The molecule has 5 nitrogen and oxygen atoms in total. The van der Waals surface area contributed by atoms with Crippen molar-refractivity contribution in [1.29, 1.82) is 0 Å². The Hall–Kier alpha value is -1.91. The van der Waals surface area contributed by atoms with Crippen molar-refractivity contribution in [3.8, 4) is 0 Å². The van der Waals surface area contributed by atoms with E-state index in [0.717, 1.165) is 25.2 Å². The lowest BCUT2D eigenvalue weighted by Gasteiger charge is -2.30. The Balaban J connectivity index is 1.77. The Morgan fingerprint density at radius 1 is 1.09 bits per heavy atom. The highest BCUT2D eigenvalue weighted by Gasteiger charge is 2.32. The van der Waals surface area contributed by atoms with Gasteiger partial charge in [-0.05, 0) is 52.4 Å². The molecule has 23 heavy (non-hydrogen) atoms. The number of aromatic nitrogens is 4. The van der Waals surface area contributed by atoms with Gasteiger partial charge in [-0.1, -0.05) is 0 Å². The van der Waals surface area contributed by atoms with Crippen LogP contribution in [-0.4, -0.2) is 26.3 Å².